The third-order valence-corrected chi connectivity index (χ3v) is 5.11. The van der Waals surface area contributed by atoms with E-state index < -0.39 is 27.6 Å². The first-order valence-electron chi connectivity index (χ1n) is 7.26. The van der Waals surface area contributed by atoms with Crippen molar-refractivity contribution in [2.24, 2.45) is 16.6 Å². The molecule has 8 heteroatoms. The van der Waals surface area contributed by atoms with Crippen molar-refractivity contribution in [3.05, 3.63) is 46.6 Å². The van der Waals surface area contributed by atoms with Crippen LogP contribution in [-0.2, 0) is 19.4 Å². The van der Waals surface area contributed by atoms with Crippen molar-refractivity contribution >= 4 is 21.6 Å². The van der Waals surface area contributed by atoms with Gasteiger partial charge in [-0.25, -0.2) is 13.4 Å². The minimum absolute atomic E-state index is 0.0605. The van der Waals surface area contributed by atoms with Gasteiger partial charge in [-0.3, -0.25) is 4.79 Å². The number of nitrogens with two attached hydrogens (primary N) is 1. The highest BCUT2D eigenvalue weighted by Gasteiger charge is 2.45. The van der Waals surface area contributed by atoms with Crippen LogP contribution in [0.3, 0.4) is 0 Å². The number of allylic oxidation sites excluding steroid dienone is 1. The quantitative estimate of drug-likeness (QED) is 0.805. The summed E-state index contributed by atoms with van der Waals surface area (Å²) in [5, 5.41) is 0. The van der Waals surface area contributed by atoms with Crippen molar-refractivity contribution in [1.82, 2.24) is 4.90 Å². The molecule has 0 aromatic heterocycles. The molecule has 0 aliphatic carbocycles. The summed E-state index contributed by atoms with van der Waals surface area (Å²) in [6.07, 6.45) is 1.07. The second-order valence-electron chi connectivity index (χ2n) is 5.78. The molecule has 2 rings (SSSR count). The van der Waals surface area contributed by atoms with Crippen molar-refractivity contribution in [3.63, 3.8) is 0 Å². The van der Waals surface area contributed by atoms with Crippen molar-refractivity contribution < 1.29 is 17.9 Å². The van der Waals surface area contributed by atoms with E-state index >= 15 is 0 Å². The standard InChI is InChI=1S/C16H21N3O4S/c1-19(2)15-12(16(20)23-3)11(10-8-6-5-7-9-10)13(14(17)18-15)24(4,21)22/h5-9,11-12H,17H2,1-4H3. The molecule has 0 fully saturated rings. The molecule has 2 atom stereocenters. The number of amidine groups is 1. The zero-order valence-corrected chi connectivity index (χ0v) is 14.9. The predicted molar refractivity (Wildman–Crippen MR) is 91.9 cm³/mol. The van der Waals surface area contributed by atoms with Crippen molar-refractivity contribution in [2.75, 3.05) is 27.5 Å². The molecule has 1 aliphatic rings. The molecular weight excluding hydrogens is 330 g/mol. The number of carbonyl (C=O) groups is 1. The topological polar surface area (TPSA) is 102 Å². The van der Waals surface area contributed by atoms with Gasteiger partial charge in [0.2, 0.25) is 0 Å². The molecule has 130 valence electrons. The molecule has 24 heavy (non-hydrogen) atoms. The molecule has 2 N–H and O–H groups in total. The van der Waals surface area contributed by atoms with E-state index in [1.54, 1.807) is 43.3 Å². The van der Waals surface area contributed by atoms with Crippen LogP contribution in [0.5, 0.6) is 0 Å². The van der Waals surface area contributed by atoms with E-state index in [2.05, 4.69) is 4.99 Å². The Hall–Kier alpha value is -2.35. The third-order valence-electron chi connectivity index (χ3n) is 3.85. The predicted octanol–water partition coefficient (Wildman–Crippen LogP) is 0.706. The van der Waals surface area contributed by atoms with Gasteiger partial charge in [-0.1, -0.05) is 30.3 Å². The van der Waals surface area contributed by atoms with Crippen molar-refractivity contribution in [3.8, 4) is 0 Å². The smallest absolute Gasteiger partial charge is 0.317 e. The Morgan fingerprint density at radius 2 is 1.83 bits per heavy atom. The van der Waals surface area contributed by atoms with Gasteiger partial charge in [0.15, 0.2) is 9.84 Å². The summed E-state index contributed by atoms with van der Waals surface area (Å²) in [6.45, 7) is 0. The fraction of sp³-hybridized carbons (Fsp3) is 0.375. The number of hydrogen-bond acceptors (Lipinski definition) is 7. The number of methoxy groups -OCH3 is 1. The highest BCUT2D eigenvalue weighted by molar-refractivity contribution is 7.94. The number of aliphatic imine (C=N–C) groups is 1. The van der Waals surface area contributed by atoms with Crippen LogP contribution in [0.1, 0.15) is 11.5 Å². The number of carbonyl (C=O) groups excluding carboxylic acids is 1. The Kier molecular flexibility index (Phi) is 4.98. The molecule has 0 radical (unpaired) electrons. The van der Waals surface area contributed by atoms with Gasteiger partial charge in [-0.2, -0.15) is 0 Å². The maximum absolute atomic E-state index is 12.5. The van der Waals surface area contributed by atoms with Crippen LogP contribution in [0.15, 0.2) is 46.1 Å². The number of benzene rings is 1. The summed E-state index contributed by atoms with van der Waals surface area (Å²) in [5.41, 5.74) is 6.62. The second-order valence-corrected chi connectivity index (χ2v) is 7.76. The summed E-state index contributed by atoms with van der Waals surface area (Å²) >= 11 is 0. The molecular formula is C16H21N3O4S. The molecule has 1 aromatic carbocycles. The molecule has 0 bridgehead atoms. The first kappa shape index (κ1) is 18.0. The average Bonchev–Trinajstić information content (AvgIpc) is 2.52. The van der Waals surface area contributed by atoms with Gasteiger partial charge in [0.1, 0.15) is 17.6 Å². The average molecular weight is 351 g/mol. The van der Waals surface area contributed by atoms with Gasteiger partial charge in [0.25, 0.3) is 0 Å². The van der Waals surface area contributed by atoms with Crippen LogP contribution in [0.2, 0.25) is 0 Å². The molecule has 0 amide bonds. The molecule has 1 aromatic rings. The lowest BCUT2D eigenvalue weighted by atomic mass is 9.82. The summed E-state index contributed by atoms with van der Waals surface area (Å²) in [4.78, 5) is 18.2. The van der Waals surface area contributed by atoms with Crippen molar-refractivity contribution in [1.29, 1.82) is 0 Å². The van der Waals surface area contributed by atoms with E-state index in [1.807, 2.05) is 6.07 Å². The van der Waals surface area contributed by atoms with E-state index in [0.29, 0.717) is 11.4 Å². The minimum Gasteiger partial charge on any atom is -0.468 e. The Balaban J connectivity index is 2.80. The Bertz CT molecular complexity index is 798. The lowest BCUT2D eigenvalue weighted by Gasteiger charge is -2.34. The number of rotatable bonds is 3. The van der Waals surface area contributed by atoms with Gasteiger partial charge >= 0.3 is 5.97 Å². The Morgan fingerprint density at radius 1 is 1.25 bits per heavy atom. The van der Waals surface area contributed by atoms with E-state index in [1.165, 1.54) is 7.11 Å². The highest BCUT2D eigenvalue weighted by Crippen LogP contribution is 2.40. The van der Waals surface area contributed by atoms with E-state index in [9.17, 15) is 13.2 Å². The normalized spacial score (nSPS) is 21.2. The first-order chi connectivity index (χ1) is 11.2. The van der Waals surface area contributed by atoms with E-state index in [0.717, 1.165) is 6.26 Å². The molecule has 0 saturated carbocycles. The number of esters is 1. The van der Waals surface area contributed by atoms with Gasteiger partial charge in [-0.05, 0) is 5.56 Å². The van der Waals surface area contributed by atoms with Gasteiger partial charge in [0, 0.05) is 26.3 Å². The molecule has 7 nitrogen and oxygen atoms in total. The molecule has 1 aliphatic heterocycles. The number of nitrogens with zero attached hydrogens (tertiary/aromatic N) is 2. The number of hydrogen-bond donors (Lipinski definition) is 1. The fourth-order valence-corrected chi connectivity index (χ4v) is 4.04. The molecule has 0 spiro atoms. The molecule has 2 unspecified atom stereocenters. The maximum atomic E-state index is 12.5. The monoisotopic (exact) mass is 351 g/mol. The molecule has 0 saturated heterocycles. The van der Waals surface area contributed by atoms with Crippen LogP contribution in [0, 0.1) is 5.92 Å². The largest absolute Gasteiger partial charge is 0.468 e. The minimum atomic E-state index is -3.67. The van der Waals surface area contributed by atoms with Crippen LogP contribution in [0.4, 0.5) is 0 Å². The van der Waals surface area contributed by atoms with Crippen LogP contribution in [0.25, 0.3) is 0 Å². The van der Waals surface area contributed by atoms with Crippen LogP contribution < -0.4 is 5.73 Å². The Labute approximate surface area is 141 Å². The zero-order chi connectivity index (χ0) is 18.1. The van der Waals surface area contributed by atoms with E-state index in [-0.39, 0.29) is 10.7 Å². The molecule has 1 heterocycles. The lowest BCUT2D eigenvalue weighted by Crippen LogP contribution is -2.43. The van der Waals surface area contributed by atoms with Crippen LogP contribution >= 0.6 is 0 Å². The summed E-state index contributed by atoms with van der Waals surface area (Å²) in [7, 11) is 1.02. The van der Waals surface area contributed by atoms with Crippen LogP contribution in [-0.4, -0.2) is 52.6 Å². The maximum Gasteiger partial charge on any atom is 0.317 e. The summed E-state index contributed by atoms with van der Waals surface area (Å²) in [6, 6.07) is 8.89. The van der Waals surface area contributed by atoms with Gasteiger partial charge < -0.3 is 15.4 Å². The first-order valence-corrected chi connectivity index (χ1v) is 9.16. The zero-order valence-electron chi connectivity index (χ0n) is 14.1. The van der Waals surface area contributed by atoms with Gasteiger partial charge in [-0.15, -0.1) is 0 Å². The lowest BCUT2D eigenvalue weighted by molar-refractivity contribution is -0.143. The van der Waals surface area contributed by atoms with E-state index in [4.69, 9.17) is 10.5 Å². The highest BCUT2D eigenvalue weighted by atomic mass is 32.2. The fourth-order valence-electron chi connectivity index (χ4n) is 2.88. The second kappa shape index (κ2) is 6.64. The van der Waals surface area contributed by atoms with Crippen molar-refractivity contribution in [2.45, 2.75) is 5.92 Å². The summed E-state index contributed by atoms with van der Waals surface area (Å²) in [5.74, 6) is -1.99. The summed E-state index contributed by atoms with van der Waals surface area (Å²) < 4.78 is 29.6. The SMILES string of the molecule is COC(=O)C1C(N(C)C)=NC(N)=C(S(C)(=O)=O)C1c1ccccc1. The van der Waals surface area contributed by atoms with Gasteiger partial charge in [0.05, 0.1) is 12.0 Å². The third kappa shape index (κ3) is 3.28. The number of ether oxygens (including phenoxy) is 1. The Morgan fingerprint density at radius 3 is 2.29 bits per heavy atom. The number of sulfone groups is 1.